The second-order valence-corrected chi connectivity index (χ2v) is 9.85. The third-order valence-corrected chi connectivity index (χ3v) is 7.99. The average Bonchev–Trinajstić information content (AvgIpc) is 3.54. The van der Waals surface area contributed by atoms with E-state index in [0.29, 0.717) is 24.6 Å². The molecule has 1 aliphatic carbocycles. The van der Waals surface area contributed by atoms with E-state index in [1.165, 1.54) is 10.7 Å². The molecule has 1 aromatic rings. The van der Waals surface area contributed by atoms with Crippen molar-refractivity contribution in [2.24, 2.45) is 5.92 Å². The molecule has 0 spiro atoms. The first-order valence-corrected chi connectivity index (χ1v) is 12.0. The molecule has 1 aromatic carbocycles. The molecule has 28 heavy (non-hydrogen) atoms. The first-order valence-electron chi connectivity index (χ1n) is 10.6. The van der Waals surface area contributed by atoms with Gasteiger partial charge in [-0.25, -0.2) is 8.42 Å². The summed E-state index contributed by atoms with van der Waals surface area (Å²) >= 11 is 0. The van der Waals surface area contributed by atoms with Gasteiger partial charge in [-0.15, -0.1) is 0 Å². The number of amides is 1. The van der Waals surface area contributed by atoms with E-state index in [0.717, 1.165) is 44.5 Å². The summed E-state index contributed by atoms with van der Waals surface area (Å²) in [6, 6.07) is 5.16. The van der Waals surface area contributed by atoms with Gasteiger partial charge in [0.25, 0.3) is 5.91 Å². The van der Waals surface area contributed by atoms with Crippen LogP contribution in [0.25, 0.3) is 0 Å². The van der Waals surface area contributed by atoms with E-state index >= 15 is 0 Å². The van der Waals surface area contributed by atoms with Gasteiger partial charge in [0.1, 0.15) is 0 Å². The molecule has 0 bridgehead atoms. The van der Waals surface area contributed by atoms with E-state index in [9.17, 15) is 13.2 Å². The number of carbonyl (C=O) groups excluding carboxylic acids is 1. The maximum Gasteiger partial charge on any atom is 0.253 e. The van der Waals surface area contributed by atoms with Gasteiger partial charge in [-0.1, -0.05) is 13.8 Å². The predicted molar refractivity (Wildman–Crippen MR) is 112 cm³/mol. The molecule has 1 unspecified atom stereocenters. The number of sulfonamides is 1. The van der Waals surface area contributed by atoms with Crippen LogP contribution in [-0.2, 0) is 10.0 Å². The van der Waals surface area contributed by atoms with Crippen molar-refractivity contribution in [3.63, 3.8) is 0 Å². The van der Waals surface area contributed by atoms with E-state index in [1.54, 1.807) is 12.1 Å². The van der Waals surface area contributed by atoms with Crippen LogP contribution in [0.2, 0.25) is 0 Å². The highest BCUT2D eigenvalue weighted by Crippen LogP contribution is 2.33. The molecule has 1 saturated carbocycles. The molecule has 1 heterocycles. The van der Waals surface area contributed by atoms with E-state index in [4.69, 9.17) is 0 Å². The Morgan fingerprint density at radius 3 is 2.39 bits per heavy atom. The molecule has 6 nitrogen and oxygen atoms in total. The maximum absolute atomic E-state index is 13.1. The van der Waals surface area contributed by atoms with Crippen LogP contribution in [0.15, 0.2) is 23.1 Å². The van der Waals surface area contributed by atoms with Crippen molar-refractivity contribution in [3.8, 4) is 0 Å². The minimum atomic E-state index is -3.60. The molecule has 1 aliphatic heterocycles. The lowest BCUT2D eigenvalue weighted by Gasteiger charge is -2.31. The number of anilines is 1. The monoisotopic (exact) mass is 407 g/mol. The smallest absolute Gasteiger partial charge is 0.253 e. The highest BCUT2D eigenvalue weighted by molar-refractivity contribution is 7.89. The minimum Gasteiger partial charge on any atom is -0.371 e. The van der Waals surface area contributed by atoms with Gasteiger partial charge < -0.3 is 10.2 Å². The standard InChI is InChI=1S/C21H33N3O3S/c1-4-24(5-2)28(26,27)18-11-12-20(23-13-7-6-8-14-23)19(15-18)21(25)22-16(3)17-9-10-17/h11-12,15-17H,4-10,13-14H2,1-3H3,(H,22,25). The van der Waals surface area contributed by atoms with Crippen molar-refractivity contribution in [1.29, 1.82) is 0 Å². The molecule has 156 valence electrons. The van der Waals surface area contributed by atoms with Crippen molar-refractivity contribution >= 4 is 21.6 Å². The summed E-state index contributed by atoms with van der Waals surface area (Å²) < 4.78 is 27.4. The van der Waals surface area contributed by atoms with Crippen molar-refractivity contribution in [3.05, 3.63) is 23.8 Å². The Bertz CT molecular complexity index is 795. The zero-order chi connectivity index (χ0) is 20.3. The van der Waals surface area contributed by atoms with E-state index in [2.05, 4.69) is 10.2 Å². The zero-order valence-electron chi connectivity index (χ0n) is 17.3. The molecular weight excluding hydrogens is 374 g/mol. The fourth-order valence-electron chi connectivity index (χ4n) is 3.98. The lowest BCUT2D eigenvalue weighted by atomic mass is 10.1. The number of benzene rings is 1. The SMILES string of the molecule is CCN(CC)S(=O)(=O)c1ccc(N2CCCCC2)c(C(=O)NC(C)C2CC2)c1. The number of nitrogens with one attached hydrogen (secondary N) is 1. The van der Waals surface area contributed by atoms with Gasteiger partial charge in [-0.2, -0.15) is 4.31 Å². The topological polar surface area (TPSA) is 69.7 Å². The molecule has 1 atom stereocenters. The van der Waals surface area contributed by atoms with Crippen molar-refractivity contribution in [2.45, 2.75) is 63.8 Å². The van der Waals surface area contributed by atoms with Crippen LogP contribution < -0.4 is 10.2 Å². The number of carbonyl (C=O) groups is 1. The Labute approximate surface area is 169 Å². The van der Waals surface area contributed by atoms with E-state index < -0.39 is 10.0 Å². The van der Waals surface area contributed by atoms with Crippen LogP contribution in [0.5, 0.6) is 0 Å². The molecule has 0 aromatic heterocycles. The third kappa shape index (κ3) is 4.51. The van der Waals surface area contributed by atoms with Crippen LogP contribution in [0, 0.1) is 5.92 Å². The Kier molecular flexibility index (Phi) is 6.65. The first-order chi connectivity index (χ1) is 13.4. The molecule has 1 amide bonds. The van der Waals surface area contributed by atoms with Gasteiger partial charge in [0, 0.05) is 37.9 Å². The molecule has 3 rings (SSSR count). The van der Waals surface area contributed by atoms with Gasteiger partial charge >= 0.3 is 0 Å². The van der Waals surface area contributed by atoms with Crippen LogP contribution in [-0.4, -0.2) is 50.9 Å². The fraction of sp³-hybridized carbons (Fsp3) is 0.667. The Morgan fingerprint density at radius 1 is 1.18 bits per heavy atom. The van der Waals surface area contributed by atoms with Crippen molar-refractivity contribution in [1.82, 2.24) is 9.62 Å². The van der Waals surface area contributed by atoms with Crippen LogP contribution >= 0.6 is 0 Å². The normalized spacial score (nSPS) is 18.9. The van der Waals surface area contributed by atoms with E-state index in [-0.39, 0.29) is 16.8 Å². The predicted octanol–water partition coefficient (Wildman–Crippen LogP) is 3.24. The Hall–Kier alpha value is -1.60. The molecule has 7 heteroatoms. The maximum atomic E-state index is 13.1. The third-order valence-electron chi connectivity index (χ3n) is 5.94. The minimum absolute atomic E-state index is 0.116. The van der Waals surface area contributed by atoms with Crippen LogP contribution in [0.1, 0.15) is 63.2 Å². The lowest BCUT2D eigenvalue weighted by molar-refractivity contribution is 0.0936. The Balaban J connectivity index is 1.97. The van der Waals surface area contributed by atoms with E-state index in [1.807, 2.05) is 26.8 Å². The quantitative estimate of drug-likeness (QED) is 0.718. The average molecular weight is 408 g/mol. The highest BCUT2D eigenvalue weighted by atomic mass is 32.2. The van der Waals surface area contributed by atoms with Gasteiger partial charge in [0.15, 0.2) is 0 Å². The molecule has 1 saturated heterocycles. The zero-order valence-corrected chi connectivity index (χ0v) is 18.1. The van der Waals surface area contributed by atoms with Gasteiger partial charge in [-0.05, 0) is 63.1 Å². The number of nitrogens with zero attached hydrogens (tertiary/aromatic N) is 2. The molecule has 2 fully saturated rings. The summed E-state index contributed by atoms with van der Waals surface area (Å²) in [5, 5.41) is 3.10. The first kappa shape index (κ1) is 21.1. The molecule has 2 aliphatic rings. The summed E-state index contributed by atoms with van der Waals surface area (Å²) in [5.41, 5.74) is 1.32. The summed E-state index contributed by atoms with van der Waals surface area (Å²) in [6.07, 6.45) is 5.69. The van der Waals surface area contributed by atoms with Gasteiger partial charge in [0.05, 0.1) is 10.5 Å². The summed E-state index contributed by atoms with van der Waals surface area (Å²) in [4.78, 5) is 15.5. The summed E-state index contributed by atoms with van der Waals surface area (Å²) in [5.74, 6) is 0.376. The van der Waals surface area contributed by atoms with Crippen molar-refractivity contribution in [2.75, 3.05) is 31.1 Å². The largest absolute Gasteiger partial charge is 0.371 e. The number of piperidine rings is 1. The summed E-state index contributed by atoms with van der Waals surface area (Å²) in [6.45, 7) is 8.32. The second kappa shape index (κ2) is 8.82. The van der Waals surface area contributed by atoms with Crippen LogP contribution in [0.4, 0.5) is 5.69 Å². The fourth-order valence-corrected chi connectivity index (χ4v) is 5.46. The van der Waals surface area contributed by atoms with Crippen LogP contribution in [0.3, 0.4) is 0 Å². The molecule has 0 radical (unpaired) electrons. The highest BCUT2D eigenvalue weighted by Gasteiger charge is 2.31. The molecule has 1 N–H and O–H groups in total. The molecular formula is C21H33N3O3S. The second-order valence-electron chi connectivity index (χ2n) is 7.92. The number of rotatable bonds is 8. The van der Waals surface area contributed by atoms with Gasteiger partial charge in [0.2, 0.25) is 10.0 Å². The van der Waals surface area contributed by atoms with Crippen molar-refractivity contribution < 1.29 is 13.2 Å². The summed E-state index contributed by atoms with van der Waals surface area (Å²) in [7, 11) is -3.60. The number of hydrogen-bond donors (Lipinski definition) is 1. The lowest BCUT2D eigenvalue weighted by Crippen LogP contribution is -2.37. The number of hydrogen-bond acceptors (Lipinski definition) is 4. The Morgan fingerprint density at radius 2 is 1.82 bits per heavy atom. The van der Waals surface area contributed by atoms with Gasteiger partial charge in [-0.3, -0.25) is 4.79 Å².